The lowest BCUT2D eigenvalue weighted by atomic mass is 10.0. The van der Waals surface area contributed by atoms with Crippen molar-refractivity contribution in [3.63, 3.8) is 0 Å². The normalized spacial score (nSPS) is 21.7. The van der Waals surface area contributed by atoms with Crippen LogP contribution in [0.1, 0.15) is 24.6 Å². The summed E-state index contributed by atoms with van der Waals surface area (Å²) >= 11 is 0. The fraction of sp³-hybridized carbons (Fsp3) is 0.375. The summed E-state index contributed by atoms with van der Waals surface area (Å²) in [4.78, 5) is 8.44. The molecule has 0 unspecified atom stereocenters. The van der Waals surface area contributed by atoms with Crippen molar-refractivity contribution < 1.29 is 13.5 Å². The molecule has 6 nitrogen and oxygen atoms in total. The lowest BCUT2D eigenvalue weighted by Gasteiger charge is -2.29. The third kappa shape index (κ3) is 2.79. The number of benzene rings is 1. The summed E-state index contributed by atoms with van der Waals surface area (Å²) in [5.41, 5.74) is 2.14. The Labute approximate surface area is 132 Å². The molecule has 3 heterocycles. The minimum atomic E-state index is -0.320. The highest BCUT2D eigenvalue weighted by molar-refractivity contribution is 5.74. The fourth-order valence-electron chi connectivity index (χ4n) is 2.95. The number of fused-ring (bicyclic) bond motifs is 1. The quantitative estimate of drug-likeness (QED) is 0.804. The van der Waals surface area contributed by atoms with Crippen LogP contribution in [0.15, 0.2) is 35.1 Å². The number of aryl methyl sites for hydroxylation is 1. The van der Waals surface area contributed by atoms with Crippen molar-refractivity contribution in [2.24, 2.45) is 7.05 Å². The molecular weight excluding hydrogens is 299 g/mol. The summed E-state index contributed by atoms with van der Waals surface area (Å²) in [7, 11) is 1.96. The van der Waals surface area contributed by atoms with E-state index in [2.05, 4.69) is 15.3 Å². The van der Waals surface area contributed by atoms with Gasteiger partial charge in [0, 0.05) is 25.8 Å². The van der Waals surface area contributed by atoms with Crippen LogP contribution in [0.4, 0.5) is 10.4 Å². The van der Waals surface area contributed by atoms with Crippen LogP contribution in [0.3, 0.4) is 0 Å². The van der Waals surface area contributed by atoms with Crippen molar-refractivity contribution >= 4 is 17.1 Å². The van der Waals surface area contributed by atoms with Gasteiger partial charge in [0.2, 0.25) is 0 Å². The highest BCUT2D eigenvalue weighted by atomic mass is 19.1. The second kappa shape index (κ2) is 5.66. The number of aromatic nitrogens is 3. The maximum Gasteiger partial charge on any atom is 0.295 e. The van der Waals surface area contributed by atoms with Crippen LogP contribution in [0.2, 0.25) is 0 Å². The predicted molar refractivity (Wildman–Crippen MR) is 82.5 cm³/mol. The summed E-state index contributed by atoms with van der Waals surface area (Å²) in [5.74, 6) is -0.320. The van der Waals surface area contributed by atoms with E-state index in [0.29, 0.717) is 23.7 Å². The van der Waals surface area contributed by atoms with Crippen molar-refractivity contribution in [2.45, 2.75) is 25.0 Å². The van der Waals surface area contributed by atoms with E-state index in [9.17, 15) is 4.39 Å². The van der Waals surface area contributed by atoms with Gasteiger partial charge >= 0.3 is 0 Å². The minimum absolute atomic E-state index is 0.00410. The third-order valence-electron chi connectivity index (χ3n) is 4.14. The van der Waals surface area contributed by atoms with Crippen LogP contribution in [0.25, 0.3) is 11.1 Å². The molecule has 0 radical (unpaired) electrons. The van der Waals surface area contributed by atoms with E-state index in [1.807, 2.05) is 17.8 Å². The lowest BCUT2D eigenvalue weighted by molar-refractivity contribution is 0.00530. The average Bonchev–Trinajstić information content (AvgIpc) is 3.12. The number of oxazole rings is 1. The first-order valence-corrected chi connectivity index (χ1v) is 7.59. The zero-order chi connectivity index (χ0) is 15.8. The summed E-state index contributed by atoms with van der Waals surface area (Å²) < 4.78 is 26.7. The monoisotopic (exact) mass is 316 g/mol. The van der Waals surface area contributed by atoms with E-state index in [0.717, 1.165) is 18.5 Å². The van der Waals surface area contributed by atoms with E-state index in [4.69, 9.17) is 9.15 Å². The number of anilines is 1. The molecule has 1 N–H and O–H groups in total. The Balaban J connectivity index is 1.50. The Morgan fingerprint density at radius 3 is 3.13 bits per heavy atom. The van der Waals surface area contributed by atoms with E-state index >= 15 is 0 Å². The van der Waals surface area contributed by atoms with Gasteiger partial charge in [-0.2, -0.15) is 4.98 Å². The number of rotatable bonds is 3. The molecule has 2 atom stereocenters. The molecule has 4 rings (SSSR count). The third-order valence-corrected chi connectivity index (χ3v) is 4.14. The Bertz CT molecular complexity index is 828. The van der Waals surface area contributed by atoms with Gasteiger partial charge in [-0.15, -0.1) is 0 Å². The largest absolute Gasteiger partial charge is 0.424 e. The van der Waals surface area contributed by atoms with Crippen LogP contribution in [0.5, 0.6) is 0 Å². The van der Waals surface area contributed by atoms with Gasteiger partial charge in [0.1, 0.15) is 17.4 Å². The SMILES string of the molecule is Cn1cncc1[C@H]1C[C@@H](Nc2nc3cc(F)ccc3o2)CCO1. The molecule has 0 saturated carbocycles. The molecular formula is C16H17FN4O2. The second-order valence-corrected chi connectivity index (χ2v) is 5.79. The summed E-state index contributed by atoms with van der Waals surface area (Å²) in [5, 5.41) is 3.29. The van der Waals surface area contributed by atoms with E-state index in [1.165, 1.54) is 12.1 Å². The van der Waals surface area contributed by atoms with E-state index in [1.54, 1.807) is 12.4 Å². The number of nitrogens with zero attached hydrogens (tertiary/aromatic N) is 3. The molecule has 0 amide bonds. The zero-order valence-corrected chi connectivity index (χ0v) is 12.7. The maximum absolute atomic E-state index is 13.2. The Morgan fingerprint density at radius 2 is 2.30 bits per heavy atom. The highest BCUT2D eigenvalue weighted by Gasteiger charge is 2.26. The number of hydrogen-bond acceptors (Lipinski definition) is 5. The number of nitrogens with one attached hydrogen (secondary N) is 1. The Hall–Kier alpha value is -2.41. The molecule has 1 fully saturated rings. The van der Waals surface area contributed by atoms with Gasteiger partial charge in [0.05, 0.1) is 18.2 Å². The van der Waals surface area contributed by atoms with Gasteiger partial charge < -0.3 is 19.0 Å². The molecule has 1 saturated heterocycles. The van der Waals surface area contributed by atoms with Crippen molar-refractivity contribution in [3.8, 4) is 0 Å². The van der Waals surface area contributed by atoms with Crippen LogP contribution in [0, 0.1) is 5.82 Å². The fourth-order valence-corrected chi connectivity index (χ4v) is 2.95. The first kappa shape index (κ1) is 14.2. The summed E-state index contributed by atoms with van der Waals surface area (Å²) in [6.07, 6.45) is 5.25. The smallest absolute Gasteiger partial charge is 0.295 e. The number of halogens is 1. The van der Waals surface area contributed by atoms with Crippen molar-refractivity contribution in [1.29, 1.82) is 0 Å². The number of ether oxygens (including phenoxy) is 1. The molecule has 1 aliphatic heterocycles. The van der Waals surface area contributed by atoms with Crippen molar-refractivity contribution in [1.82, 2.24) is 14.5 Å². The van der Waals surface area contributed by atoms with Crippen LogP contribution in [-0.4, -0.2) is 27.2 Å². The maximum atomic E-state index is 13.2. The first-order valence-electron chi connectivity index (χ1n) is 7.59. The molecule has 1 aliphatic rings. The van der Waals surface area contributed by atoms with Gasteiger partial charge in [0.15, 0.2) is 5.58 Å². The highest BCUT2D eigenvalue weighted by Crippen LogP contribution is 2.30. The summed E-state index contributed by atoms with van der Waals surface area (Å²) in [6, 6.07) is 4.92. The van der Waals surface area contributed by atoms with Crippen LogP contribution in [-0.2, 0) is 11.8 Å². The second-order valence-electron chi connectivity index (χ2n) is 5.79. The predicted octanol–water partition coefficient (Wildman–Crippen LogP) is 3.03. The molecule has 23 heavy (non-hydrogen) atoms. The van der Waals surface area contributed by atoms with Gasteiger partial charge in [-0.1, -0.05) is 0 Å². The molecule has 2 aromatic heterocycles. The topological polar surface area (TPSA) is 65.1 Å². The minimum Gasteiger partial charge on any atom is -0.424 e. The molecule has 120 valence electrons. The van der Waals surface area contributed by atoms with Crippen LogP contribution < -0.4 is 5.32 Å². The Kier molecular flexibility index (Phi) is 3.49. The Morgan fingerprint density at radius 1 is 1.39 bits per heavy atom. The van der Waals surface area contributed by atoms with Gasteiger partial charge in [-0.3, -0.25) is 0 Å². The standard InChI is InChI=1S/C16H17FN4O2/c1-21-9-18-8-13(21)15-7-11(4-5-22-15)19-16-20-12-6-10(17)2-3-14(12)23-16/h2-3,6,8-9,11,15H,4-5,7H2,1H3,(H,19,20)/t11-,15+/m0/s1. The van der Waals surface area contributed by atoms with E-state index in [-0.39, 0.29) is 18.0 Å². The van der Waals surface area contributed by atoms with Crippen molar-refractivity contribution in [3.05, 3.63) is 42.2 Å². The number of hydrogen-bond donors (Lipinski definition) is 1. The van der Waals surface area contributed by atoms with E-state index < -0.39 is 0 Å². The molecule has 0 bridgehead atoms. The molecule has 7 heteroatoms. The van der Waals surface area contributed by atoms with Gasteiger partial charge in [0.25, 0.3) is 6.01 Å². The molecule has 3 aromatic rings. The lowest BCUT2D eigenvalue weighted by Crippen LogP contribution is -2.30. The molecule has 1 aromatic carbocycles. The van der Waals surface area contributed by atoms with Crippen molar-refractivity contribution in [2.75, 3.05) is 11.9 Å². The zero-order valence-electron chi connectivity index (χ0n) is 12.7. The van der Waals surface area contributed by atoms with Gasteiger partial charge in [-0.25, -0.2) is 9.37 Å². The molecule has 0 aliphatic carbocycles. The number of imidazole rings is 1. The first-order chi connectivity index (χ1) is 11.2. The summed E-state index contributed by atoms with van der Waals surface area (Å²) in [6.45, 7) is 0.655. The van der Waals surface area contributed by atoms with Gasteiger partial charge in [-0.05, 0) is 25.0 Å². The molecule has 0 spiro atoms. The van der Waals surface area contributed by atoms with Crippen LogP contribution >= 0.6 is 0 Å². The average molecular weight is 316 g/mol.